The molecule has 0 aliphatic heterocycles. The topological polar surface area (TPSA) is 50.4 Å². The van der Waals surface area contributed by atoms with Crippen LogP contribution in [0.4, 0.5) is 5.69 Å². The van der Waals surface area contributed by atoms with Gasteiger partial charge in [-0.2, -0.15) is 0 Å². The maximum absolute atomic E-state index is 11.8. The number of carbonyl (C=O) groups is 1. The number of fused-ring (bicyclic) bond motifs is 1. The summed E-state index contributed by atoms with van der Waals surface area (Å²) in [5.41, 5.74) is 4.48. The molecule has 0 saturated heterocycles. The third-order valence-electron chi connectivity index (χ3n) is 4.51. The quantitative estimate of drug-likeness (QED) is 0.390. The molecule has 2 aromatic carbocycles. The molecule has 146 valence electrons. The van der Waals surface area contributed by atoms with E-state index in [1.54, 1.807) is 0 Å². The number of methoxy groups -OCH3 is 1. The monoisotopic (exact) mass is 432 g/mol. The summed E-state index contributed by atoms with van der Waals surface area (Å²) in [6.07, 6.45) is 0. The molecular weight excluding hydrogens is 412 g/mol. The Balaban J connectivity index is 1.75. The van der Waals surface area contributed by atoms with Gasteiger partial charge in [0.1, 0.15) is 4.88 Å². The van der Waals surface area contributed by atoms with E-state index in [1.165, 1.54) is 35.1 Å². The van der Waals surface area contributed by atoms with Crippen LogP contribution in [-0.2, 0) is 4.74 Å². The molecule has 2 N–H and O–H groups in total. The van der Waals surface area contributed by atoms with Crippen molar-refractivity contribution in [2.45, 2.75) is 26.8 Å². The largest absolute Gasteiger partial charge is 0.465 e. The van der Waals surface area contributed by atoms with Gasteiger partial charge in [-0.3, -0.25) is 0 Å². The lowest BCUT2D eigenvalue weighted by molar-refractivity contribution is 0.0606. The number of ether oxygens (including phenoxy) is 1. The normalized spacial score (nSPS) is 11.9. The lowest BCUT2D eigenvalue weighted by Crippen LogP contribution is -2.31. The Kier molecular flexibility index (Phi) is 6.23. The molecule has 3 rings (SSSR count). The number of nitrogens with one attached hydrogen (secondary N) is 2. The number of hydrogen-bond donors (Lipinski definition) is 2. The first-order valence-electron chi connectivity index (χ1n) is 8.75. The van der Waals surface area contributed by atoms with Crippen molar-refractivity contribution < 1.29 is 9.53 Å². The van der Waals surface area contributed by atoms with Crippen LogP contribution in [0.5, 0.6) is 0 Å². The number of anilines is 1. The van der Waals surface area contributed by atoms with E-state index in [2.05, 4.69) is 49.6 Å². The van der Waals surface area contributed by atoms with Crippen molar-refractivity contribution in [2.75, 3.05) is 12.4 Å². The fourth-order valence-electron chi connectivity index (χ4n) is 3.03. The van der Waals surface area contributed by atoms with E-state index >= 15 is 0 Å². The van der Waals surface area contributed by atoms with Crippen LogP contribution in [0.1, 0.15) is 39.3 Å². The Labute approximate surface area is 178 Å². The number of aryl methyl sites for hydroxylation is 2. The number of benzene rings is 2. The van der Waals surface area contributed by atoms with Crippen LogP contribution >= 0.6 is 35.2 Å². The van der Waals surface area contributed by atoms with Gasteiger partial charge in [-0.1, -0.05) is 35.4 Å². The van der Waals surface area contributed by atoms with E-state index in [1.807, 2.05) is 18.2 Å². The molecule has 0 radical (unpaired) electrons. The van der Waals surface area contributed by atoms with Crippen LogP contribution in [0.25, 0.3) is 10.1 Å². The van der Waals surface area contributed by atoms with Crippen molar-refractivity contribution in [1.29, 1.82) is 0 Å². The van der Waals surface area contributed by atoms with Gasteiger partial charge in [-0.05, 0) is 62.3 Å². The number of thiophene rings is 1. The first-order chi connectivity index (χ1) is 13.3. The predicted octanol–water partition coefficient (Wildman–Crippen LogP) is 6.01. The highest BCUT2D eigenvalue weighted by molar-refractivity contribution is 7.80. The first kappa shape index (κ1) is 20.6. The average molecular weight is 433 g/mol. The van der Waals surface area contributed by atoms with Crippen molar-refractivity contribution >= 4 is 62.0 Å². The van der Waals surface area contributed by atoms with Crippen molar-refractivity contribution in [3.05, 3.63) is 63.0 Å². The van der Waals surface area contributed by atoms with E-state index in [4.69, 9.17) is 28.6 Å². The highest BCUT2D eigenvalue weighted by Crippen LogP contribution is 2.37. The zero-order valence-corrected chi connectivity index (χ0v) is 18.4. The van der Waals surface area contributed by atoms with E-state index in [-0.39, 0.29) is 6.04 Å². The van der Waals surface area contributed by atoms with Gasteiger partial charge in [0.15, 0.2) is 5.11 Å². The molecule has 1 atom stereocenters. The zero-order chi connectivity index (χ0) is 20.4. The molecule has 7 heteroatoms. The predicted molar refractivity (Wildman–Crippen MR) is 122 cm³/mol. The highest BCUT2D eigenvalue weighted by atomic mass is 35.5. The van der Waals surface area contributed by atoms with Crippen LogP contribution in [0.2, 0.25) is 5.02 Å². The van der Waals surface area contributed by atoms with Gasteiger partial charge in [0.25, 0.3) is 0 Å². The second-order valence-corrected chi connectivity index (χ2v) is 8.47. The van der Waals surface area contributed by atoms with Gasteiger partial charge in [0, 0.05) is 15.8 Å². The molecule has 3 aromatic rings. The summed E-state index contributed by atoms with van der Waals surface area (Å²) in [6, 6.07) is 12.2. The van der Waals surface area contributed by atoms with Crippen LogP contribution < -0.4 is 10.6 Å². The fourth-order valence-corrected chi connectivity index (χ4v) is 4.80. The van der Waals surface area contributed by atoms with Gasteiger partial charge >= 0.3 is 5.97 Å². The molecule has 0 saturated carbocycles. The van der Waals surface area contributed by atoms with Gasteiger partial charge in [-0.25, -0.2) is 4.79 Å². The summed E-state index contributed by atoms with van der Waals surface area (Å²) in [5.74, 6) is -0.430. The molecule has 0 spiro atoms. The fraction of sp³-hybridized carbons (Fsp3) is 0.238. The molecule has 0 fully saturated rings. The Morgan fingerprint density at radius 2 is 1.96 bits per heavy atom. The summed E-state index contributed by atoms with van der Waals surface area (Å²) in [7, 11) is 1.34. The molecule has 4 nitrogen and oxygen atoms in total. The molecule has 0 amide bonds. The summed E-state index contributed by atoms with van der Waals surface area (Å²) < 4.78 is 5.68. The minimum absolute atomic E-state index is 0.0748. The third kappa shape index (κ3) is 4.29. The Morgan fingerprint density at radius 1 is 1.21 bits per heavy atom. The van der Waals surface area contributed by atoms with Crippen molar-refractivity contribution in [2.24, 2.45) is 0 Å². The Morgan fingerprint density at radius 3 is 2.68 bits per heavy atom. The number of carbonyl (C=O) groups excluding carboxylic acids is 1. The molecule has 0 bridgehead atoms. The Hall–Kier alpha value is -2.15. The number of esters is 1. The number of thiocarbonyl (C=S) groups is 1. The molecule has 1 unspecified atom stereocenters. The van der Waals surface area contributed by atoms with Gasteiger partial charge in [0.2, 0.25) is 0 Å². The van der Waals surface area contributed by atoms with Crippen LogP contribution in [-0.4, -0.2) is 18.2 Å². The summed E-state index contributed by atoms with van der Waals surface area (Å²) in [6.45, 7) is 6.26. The maximum atomic E-state index is 11.8. The first-order valence-corrected chi connectivity index (χ1v) is 10.4. The smallest absolute Gasteiger partial charge is 0.349 e. The number of halogens is 1. The van der Waals surface area contributed by atoms with E-state index in [0.29, 0.717) is 15.0 Å². The average Bonchev–Trinajstić information content (AvgIpc) is 2.99. The summed E-state index contributed by atoms with van der Waals surface area (Å²) in [5, 5.41) is 8.31. The second kappa shape index (κ2) is 8.47. The lowest BCUT2D eigenvalue weighted by Gasteiger charge is -2.19. The lowest BCUT2D eigenvalue weighted by atomic mass is 10.0. The second-order valence-electron chi connectivity index (χ2n) is 6.63. The molecule has 1 aromatic heterocycles. The van der Waals surface area contributed by atoms with Crippen LogP contribution in [0.15, 0.2) is 36.4 Å². The molecule has 0 aliphatic rings. The highest BCUT2D eigenvalue weighted by Gasteiger charge is 2.18. The molecular formula is C21H21ClN2O2S2. The van der Waals surface area contributed by atoms with Crippen LogP contribution in [0, 0.1) is 13.8 Å². The minimum Gasteiger partial charge on any atom is -0.465 e. The third-order valence-corrected chi connectivity index (χ3v) is 6.36. The van der Waals surface area contributed by atoms with Gasteiger partial charge in [-0.15, -0.1) is 11.3 Å². The van der Waals surface area contributed by atoms with Crippen molar-refractivity contribution in [3.63, 3.8) is 0 Å². The Bertz CT molecular complexity index is 1060. The number of rotatable bonds is 4. The SMILES string of the molecule is COC(=O)c1sc2cc(NC(=S)NC(C)c3cc(C)ccc3C)ccc2c1Cl. The number of hydrogen-bond acceptors (Lipinski definition) is 4. The zero-order valence-electron chi connectivity index (χ0n) is 16.1. The standard InChI is InChI=1S/C21H21ClN2O2S2/c1-11-5-6-12(2)16(9-11)13(3)23-21(27)24-14-7-8-15-17(10-14)28-19(18(15)22)20(25)26-4/h5-10,13H,1-4H3,(H2,23,24,27). The van der Waals surface area contributed by atoms with Crippen molar-refractivity contribution in [3.8, 4) is 0 Å². The van der Waals surface area contributed by atoms with E-state index in [0.717, 1.165) is 15.8 Å². The van der Waals surface area contributed by atoms with Crippen molar-refractivity contribution in [1.82, 2.24) is 5.32 Å². The van der Waals surface area contributed by atoms with Crippen LogP contribution in [0.3, 0.4) is 0 Å². The molecule has 28 heavy (non-hydrogen) atoms. The minimum atomic E-state index is -0.430. The maximum Gasteiger partial charge on any atom is 0.349 e. The van der Waals surface area contributed by atoms with E-state index in [9.17, 15) is 4.79 Å². The van der Waals surface area contributed by atoms with E-state index < -0.39 is 5.97 Å². The molecule has 1 heterocycles. The summed E-state index contributed by atoms with van der Waals surface area (Å²) in [4.78, 5) is 12.2. The molecule has 0 aliphatic carbocycles. The van der Waals surface area contributed by atoms with Gasteiger partial charge < -0.3 is 15.4 Å². The van der Waals surface area contributed by atoms with Gasteiger partial charge in [0.05, 0.1) is 18.2 Å². The summed E-state index contributed by atoms with van der Waals surface area (Å²) >= 11 is 13.1.